The van der Waals surface area contributed by atoms with E-state index in [1.807, 2.05) is 11.8 Å². The van der Waals surface area contributed by atoms with Gasteiger partial charge in [0.25, 0.3) is 0 Å². The van der Waals surface area contributed by atoms with Crippen LogP contribution in [0.2, 0.25) is 0 Å². The molecule has 0 fully saturated rings. The van der Waals surface area contributed by atoms with Gasteiger partial charge in [-0.2, -0.15) is 0 Å². The Hall–Kier alpha value is -0.720. The average molecular weight is 374 g/mol. The van der Waals surface area contributed by atoms with Crippen molar-refractivity contribution >= 4 is 33.7 Å². The lowest BCUT2D eigenvalue weighted by Gasteiger charge is -2.25. The van der Waals surface area contributed by atoms with Gasteiger partial charge in [-0.15, -0.1) is 11.8 Å². The van der Waals surface area contributed by atoms with Crippen molar-refractivity contribution in [3.8, 4) is 0 Å². The van der Waals surface area contributed by atoms with E-state index >= 15 is 0 Å². The maximum absolute atomic E-state index is 5.02. The predicted octanol–water partition coefficient (Wildman–Crippen LogP) is 3.13. The van der Waals surface area contributed by atoms with Crippen molar-refractivity contribution in [1.82, 2.24) is 10.6 Å². The standard InChI is InChI=1S/C15H24BrN3OS/c1-15(2,21-13-7-5-12(16)6-8-13)11-19-14(17-3)18-9-10-20-4/h5-8H,9-11H2,1-4H3,(H2,17,18,19). The second-order valence-corrected chi connectivity index (χ2v) is 7.86. The molecule has 0 saturated carbocycles. The van der Waals surface area contributed by atoms with Crippen LogP contribution in [0.5, 0.6) is 0 Å². The van der Waals surface area contributed by atoms with Crippen molar-refractivity contribution in [1.29, 1.82) is 0 Å². The molecule has 1 rings (SSSR count). The van der Waals surface area contributed by atoms with Gasteiger partial charge < -0.3 is 15.4 Å². The van der Waals surface area contributed by atoms with Gasteiger partial charge in [0, 0.05) is 41.4 Å². The number of thioether (sulfide) groups is 1. The van der Waals surface area contributed by atoms with Crippen LogP contribution in [0, 0.1) is 0 Å². The van der Waals surface area contributed by atoms with Gasteiger partial charge in [0.15, 0.2) is 5.96 Å². The average Bonchev–Trinajstić information content (AvgIpc) is 2.45. The maximum Gasteiger partial charge on any atom is 0.191 e. The van der Waals surface area contributed by atoms with Crippen LogP contribution in [0.3, 0.4) is 0 Å². The third-order valence-corrected chi connectivity index (χ3v) is 4.45. The fraction of sp³-hybridized carbons (Fsp3) is 0.533. The molecule has 0 aliphatic carbocycles. The Morgan fingerprint density at radius 1 is 1.29 bits per heavy atom. The van der Waals surface area contributed by atoms with Crippen LogP contribution in [-0.4, -0.2) is 44.6 Å². The Morgan fingerprint density at radius 2 is 1.95 bits per heavy atom. The quantitative estimate of drug-likeness (QED) is 0.333. The number of aliphatic imine (C=N–C) groups is 1. The number of methoxy groups -OCH3 is 1. The van der Waals surface area contributed by atoms with E-state index in [9.17, 15) is 0 Å². The van der Waals surface area contributed by atoms with Gasteiger partial charge in [0.2, 0.25) is 0 Å². The van der Waals surface area contributed by atoms with Crippen molar-refractivity contribution in [2.75, 3.05) is 33.9 Å². The molecule has 0 aliphatic rings. The first-order chi connectivity index (χ1) is 9.96. The first-order valence-electron chi connectivity index (χ1n) is 6.85. The van der Waals surface area contributed by atoms with Crippen molar-refractivity contribution < 1.29 is 4.74 Å². The van der Waals surface area contributed by atoms with Crippen LogP contribution in [0.4, 0.5) is 0 Å². The molecular formula is C15H24BrN3OS. The van der Waals surface area contributed by atoms with Crippen LogP contribution >= 0.6 is 27.7 Å². The van der Waals surface area contributed by atoms with Crippen LogP contribution in [0.15, 0.2) is 38.6 Å². The normalized spacial score (nSPS) is 12.3. The molecule has 0 aromatic heterocycles. The summed E-state index contributed by atoms with van der Waals surface area (Å²) < 4.78 is 6.18. The van der Waals surface area contributed by atoms with Gasteiger partial charge in [0.05, 0.1) is 6.61 Å². The molecule has 0 bridgehead atoms. The van der Waals surface area contributed by atoms with Gasteiger partial charge in [-0.1, -0.05) is 15.9 Å². The molecular weight excluding hydrogens is 350 g/mol. The number of ether oxygens (including phenoxy) is 1. The van der Waals surface area contributed by atoms with E-state index in [1.54, 1.807) is 14.2 Å². The summed E-state index contributed by atoms with van der Waals surface area (Å²) in [6.45, 7) is 6.67. The topological polar surface area (TPSA) is 45.7 Å². The zero-order chi connectivity index (χ0) is 15.7. The molecule has 0 unspecified atom stereocenters. The van der Waals surface area contributed by atoms with E-state index in [0.29, 0.717) is 6.61 Å². The summed E-state index contributed by atoms with van der Waals surface area (Å²) in [7, 11) is 3.47. The Balaban J connectivity index is 2.45. The minimum Gasteiger partial charge on any atom is -0.383 e. The van der Waals surface area contributed by atoms with Crippen molar-refractivity contribution in [3.63, 3.8) is 0 Å². The third-order valence-electron chi connectivity index (χ3n) is 2.71. The summed E-state index contributed by atoms with van der Waals surface area (Å²) in [5, 5.41) is 6.57. The first kappa shape index (κ1) is 18.3. The number of nitrogens with zero attached hydrogens (tertiary/aromatic N) is 1. The largest absolute Gasteiger partial charge is 0.383 e. The highest BCUT2D eigenvalue weighted by atomic mass is 79.9. The number of hydrogen-bond donors (Lipinski definition) is 2. The highest BCUT2D eigenvalue weighted by Gasteiger charge is 2.19. The van der Waals surface area contributed by atoms with Crippen LogP contribution in [0.1, 0.15) is 13.8 Å². The minimum absolute atomic E-state index is 0.0622. The predicted molar refractivity (Wildman–Crippen MR) is 95.3 cm³/mol. The molecule has 0 spiro atoms. The molecule has 118 valence electrons. The van der Waals surface area contributed by atoms with E-state index in [4.69, 9.17) is 4.74 Å². The van der Waals surface area contributed by atoms with E-state index in [0.717, 1.165) is 23.5 Å². The van der Waals surface area contributed by atoms with Crippen LogP contribution in [-0.2, 0) is 4.74 Å². The van der Waals surface area contributed by atoms with Crippen molar-refractivity contribution in [2.45, 2.75) is 23.5 Å². The lowest BCUT2D eigenvalue weighted by atomic mass is 10.2. The fourth-order valence-electron chi connectivity index (χ4n) is 1.65. The lowest BCUT2D eigenvalue weighted by molar-refractivity contribution is 0.203. The molecule has 4 nitrogen and oxygen atoms in total. The molecule has 0 amide bonds. The van der Waals surface area contributed by atoms with E-state index in [1.165, 1.54) is 4.90 Å². The third kappa shape index (κ3) is 7.74. The zero-order valence-corrected chi connectivity index (χ0v) is 15.5. The van der Waals surface area contributed by atoms with E-state index in [2.05, 4.69) is 69.7 Å². The van der Waals surface area contributed by atoms with Gasteiger partial charge in [-0.05, 0) is 38.1 Å². The molecule has 0 radical (unpaired) electrons. The smallest absolute Gasteiger partial charge is 0.191 e. The number of guanidine groups is 1. The number of halogens is 1. The summed E-state index contributed by atoms with van der Waals surface area (Å²) in [6, 6.07) is 8.39. The van der Waals surface area contributed by atoms with Gasteiger partial charge in [-0.3, -0.25) is 4.99 Å². The summed E-state index contributed by atoms with van der Waals surface area (Å²) in [5.74, 6) is 0.802. The molecule has 0 saturated heterocycles. The van der Waals surface area contributed by atoms with Crippen molar-refractivity contribution in [3.05, 3.63) is 28.7 Å². The zero-order valence-electron chi connectivity index (χ0n) is 13.1. The molecule has 0 atom stereocenters. The molecule has 2 N–H and O–H groups in total. The molecule has 0 aliphatic heterocycles. The maximum atomic E-state index is 5.02. The summed E-state index contributed by atoms with van der Waals surface area (Å²) >= 11 is 5.30. The molecule has 21 heavy (non-hydrogen) atoms. The Labute approximate surface area is 140 Å². The van der Waals surface area contributed by atoms with E-state index in [-0.39, 0.29) is 4.75 Å². The number of benzene rings is 1. The monoisotopic (exact) mass is 373 g/mol. The highest BCUT2D eigenvalue weighted by Crippen LogP contribution is 2.32. The van der Waals surface area contributed by atoms with Crippen LogP contribution < -0.4 is 10.6 Å². The summed E-state index contributed by atoms with van der Waals surface area (Å²) in [6.07, 6.45) is 0. The Morgan fingerprint density at radius 3 is 2.52 bits per heavy atom. The fourth-order valence-corrected chi connectivity index (χ4v) is 2.97. The van der Waals surface area contributed by atoms with E-state index < -0.39 is 0 Å². The molecule has 1 aromatic carbocycles. The minimum atomic E-state index is 0.0622. The van der Waals surface area contributed by atoms with Gasteiger partial charge >= 0.3 is 0 Å². The molecule has 0 heterocycles. The first-order valence-corrected chi connectivity index (χ1v) is 8.46. The lowest BCUT2D eigenvalue weighted by Crippen LogP contribution is -2.44. The highest BCUT2D eigenvalue weighted by molar-refractivity contribution is 9.10. The Kier molecular flexibility index (Phi) is 8.14. The number of nitrogens with one attached hydrogen (secondary N) is 2. The summed E-state index contributed by atoms with van der Waals surface area (Å²) in [5.41, 5.74) is 0. The number of rotatable bonds is 7. The summed E-state index contributed by atoms with van der Waals surface area (Å²) in [4.78, 5) is 5.46. The van der Waals surface area contributed by atoms with Gasteiger partial charge in [0.1, 0.15) is 0 Å². The van der Waals surface area contributed by atoms with Gasteiger partial charge in [-0.25, -0.2) is 0 Å². The second-order valence-electron chi connectivity index (χ2n) is 5.16. The second kappa shape index (κ2) is 9.33. The van der Waals surface area contributed by atoms with Crippen molar-refractivity contribution in [2.24, 2.45) is 4.99 Å². The molecule has 1 aromatic rings. The van der Waals surface area contributed by atoms with Crippen LogP contribution in [0.25, 0.3) is 0 Å². The SMILES string of the molecule is CN=C(NCCOC)NCC(C)(C)Sc1ccc(Br)cc1. The molecule has 6 heteroatoms. The number of hydrogen-bond acceptors (Lipinski definition) is 3. The Bertz CT molecular complexity index is 449.